The molecule has 0 aliphatic heterocycles. The molecule has 0 saturated carbocycles. The molecule has 0 amide bonds. The second-order valence-corrected chi connectivity index (χ2v) is 3.51. The van der Waals surface area contributed by atoms with E-state index in [4.69, 9.17) is 23.1 Å². The van der Waals surface area contributed by atoms with Crippen LogP contribution in [-0.2, 0) is 0 Å². The molecule has 1 aromatic heterocycles. The van der Waals surface area contributed by atoms with E-state index in [0.29, 0.717) is 11.5 Å². The maximum absolute atomic E-state index is 8.86. The monoisotopic (exact) mass is 225 g/mol. The summed E-state index contributed by atoms with van der Waals surface area (Å²) in [5.41, 5.74) is 6.23. The Bertz CT molecular complexity index is 326. The van der Waals surface area contributed by atoms with Gasteiger partial charge in [-0.3, -0.25) is 0 Å². The quantitative estimate of drug-likeness (QED) is 0.716. The van der Waals surface area contributed by atoms with Crippen LogP contribution in [0.2, 0.25) is 0 Å². The van der Waals surface area contributed by atoms with E-state index in [0.717, 1.165) is 17.9 Å². The molecule has 1 rings (SSSR count). The SMILES string of the molecule is CCN(CCO)c1ccc(C(N)=S)cn1. The lowest BCUT2D eigenvalue weighted by molar-refractivity contribution is 0.302. The lowest BCUT2D eigenvalue weighted by Gasteiger charge is -2.20. The van der Waals surface area contributed by atoms with Crippen LogP contribution in [0.3, 0.4) is 0 Å². The molecule has 0 bridgehead atoms. The fourth-order valence-electron chi connectivity index (χ4n) is 1.27. The molecule has 0 unspecified atom stereocenters. The Balaban J connectivity index is 2.81. The number of hydrogen-bond donors (Lipinski definition) is 2. The Hall–Kier alpha value is -1.20. The van der Waals surface area contributed by atoms with E-state index >= 15 is 0 Å². The van der Waals surface area contributed by atoms with E-state index in [1.807, 2.05) is 24.0 Å². The normalized spacial score (nSPS) is 10.0. The highest BCUT2D eigenvalue weighted by Gasteiger charge is 2.05. The third-order valence-corrected chi connectivity index (χ3v) is 2.34. The van der Waals surface area contributed by atoms with Gasteiger partial charge in [0.2, 0.25) is 0 Å². The average molecular weight is 225 g/mol. The van der Waals surface area contributed by atoms with Crippen LogP contribution in [0.4, 0.5) is 5.82 Å². The number of rotatable bonds is 5. The summed E-state index contributed by atoms with van der Waals surface area (Å²) in [6.07, 6.45) is 1.65. The van der Waals surface area contributed by atoms with Crippen molar-refractivity contribution in [1.82, 2.24) is 4.98 Å². The van der Waals surface area contributed by atoms with Gasteiger partial charge in [-0.25, -0.2) is 4.98 Å². The van der Waals surface area contributed by atoms with E-state index < -0.39 is 0 Å². The predicted octanol–water partition coefficient (Wildman–Crippen LogP) is 0.534. The number of aliphatic hydroxyl groups is 1. The molecule has 0 aliphatic carbocycles. The van der Waals surface area contributed by atoms with Gasteiger partial charge in [-0.2, -0.15) is 0 Å². The number of hydrogen-bond acceptors (Lipinski definition) is 4. The van der Waals surface area contributed by atoms with Gasteiger partial charge in [0.05, 0.1) is 6.61 Å². The first-order valence-corrected chi connectivity index (χ1v) is 5.21. The van der Waals surface area contributed by atoms with Crippen molar-refractivity contribution in [3.8, 4) is 0 Å². The molecule has 1 aromatic rings. The van der Waals surface area contributed by atoms with Crippen LogP contribution in [0.15, 0.2) is 18.3 Å². The molecule has 0 atom stereocenters. The van der Waals surface area contributed by atoms with E-state index in [1.165, 1.54) is 0 Å². The minimum atomic E-state index is 0.118. The van der Waals surface area contributed by atoms with Gasteiger partial charge in [0, 0.05) is 24.8 Å². The Labute approximate surface area is 94.7 Å². The summed E-state index contributed by atoms with van der Waals surface area (Å²) in [5.74, 6) is 0.826. The summed E-state index contributed by atoms with van der Waals surface area (Å²) >= 11 is 4.83. The Morgan fingerprint density at radius 2 is 2.33 bits per heavy atom. The van der Waals surface area contributed by atoms with E-state index in [9.17, 15) is 0 Å². The van der Waals surface area contributed by atoms with Crippen molar-refractivity contribution in [2.24, 2.45) is 5.73 Å². The number of likely N-dealkylation sites (N-methyl/N-ethyl adjacent to an activating group) is 1. The smallest absolute Gasteiger partial charge is 0.128 e. The van der Waals surface area contributed by atoms with Crippen LogP contribution < -0.4 is 10.6 Å². The molecule has 0 spiro atoms. The van der Waals surface area contributed by atoms with Crippen LogP contribution in [0.1, 0.15) is 12.5 Å². The maximum atomic E-state index is 8.86. The van der Waals surface area contributed by atoms with Crippen LogP contribution in [0.5, 0.6) is 0 Å². The molecule has 1 heterocycles. The second kappa shape index (κ2) is 5.63. The van der Waals surface area contributed by atoms with Gasteiger partial charge in [-0.15, -0.1) is 0 Å². The fraction of sp³-hybridized carbons (Fsp3) is 0.400. The zero-order valence-corrected chi connectivity index (χ0v) is 9.50. The molecule has 0 fully saturated rings. The zero-order chi connectivity index (χ0) is 11.3. The first-order chi connectivity index (χ1) is 7.19. The predicted molar refractivity (Wildman–Crippen MR) is 65.1 cm³/mol. The molecule has 0 aromatic carbocycles. The number of nitrogens with two attached hydrogens (primary N) is 1. The molecule has 15 heavy (non-hydrogen) atoms. The molecular formula is C10H15N3OS. The Morgan fingerprint density at radius 3 is 2.73 bits per heavy atom. The highest BCUT2D eigenvalue weighted by atomic mass is 32.1. The van der Waals surface area contributed by atoms with Crippen molar-refractivity contribution in [3.05, 3.63) is 23.9 Å². The van der Waals surface area contributed by atoms with Gasteiger partial charge in [0.15, 0.2) is 0 Å². The van der Waals surface area contributed by atoms with Gasteiger partial charge < -0.3 is 15.7 Å². The van der Waals surface area contributed by atoms with E-state index in [-0.39, 0.29) is 6.61 Å². The number of aromatic nitrogens is 1. The molecule has 3 N–H and O–H groups in total. The molecule has 82 valence electrons. The molecule has 0 aliphatic rings. The van der Waals surface area contributed by atoms with Gasteiger partial charge in [-0.1, -0.05) is 12.2 Å². The third kappa shape index (κ3) is 3.14. The van der Waals surface area contributed by atoms with Crippen LogP contribution in [0.25, 0.3) is 0 Å². The Morgan fingerprint density at radius 1 is 1.60 bits per heavy atom. The zero-order valence-electron chi connectivity index (χ0n) is 8.68. The maximum Gasteiger partial charge on any atom is 0.128 e. The van der Waals surface area contributed by atoms with Crippen molar-refractivity contribution in [1.29, 1.82) is 0 Å². The molecule has 4 nitrogen and oxygen atoms in total. The van der Waals surface area contributed by atoms with Crippen molar-refractivity contribution in [3.63, 3.8) is 0 Å². The summed E-state index contributed by atoms with van der Waals surface area (Å²) < 4.78 is 0. The number of nitrogens with zero attached hydrogens (tertiary/aromatic N) is 2. The summed E-state index contributed by atoms with van der Waals surface area (Å²) in [5, 5.41) is 8.86. The fourth-order valence-corrected chi connectivity index (χ4v) is 1.39. The van der Waals surface area contributed by atoms with Crippen molar-refractivity contribution in [2.45, 2.75) is 6.92 Å². The van der Waals surface area contributed by atoms with Crippen LogP contribution in [-0.4, -0.2) is 34.8 Å². The number of aliphatic hydroxyl groups excluding tert-OH is 1. The number of pyridine rings is 1. The minimum Gasteiger partial charge on any atom is -0.395 e. The first-order valence-electron chi connectivity index (χ1n) is 4.80. The van der Waals surface area contributed by atoms with Crippen LogP contribution >= 0.6 is 12.2 Å². The largest absolute Gasteiger partial charge is 0.395 e. The number of anilines is 1. The first kappa shape index (κ1) is 11.9. The number of thiocarbonyl (C=S) groups is 1. The lowest BCUT2D eigenvalue weighted by atomic mass is 10.3. The topological polar surface area (TPSA) is 62.4 Å². The van der Waals surface area contributed by atoms with Gasteiger partial charge in [-0.05, 0) is 19.1 Å². The second-order valence-electron chi connectivity index (χ2n) is 3.07. The van der Waals surface area contributed by atoms with Gasteiger partial charge in [0.1, 0.15) is 10.8 Å². The Kier molecular flexibility index (Phi) is 4.45. The standard InChI is InChI=1S/C10H15N3OS/c1-2-13(5-6-14)9-4-3-8(7-12-9)10(11)15/h3-4,7,14H,2,5-6H2,1H3,(H2,11,15). The lowest BCUT2D eigenvalue weighted by Crippen LogP contribution is -2.27. The molecule has 5 heteroatoms. The van der Waals surface area contributed by atoms with E-state index in [1.54, 1.807) is 6.20 Å². The third-order valence-electron chi connectivity index (χ3n) is 2.11. The van der Waals surface area contributed by atoms with Crippen molar-refractivity contribution >= 4 is 23.0 Å². The summed E-state index contributed by atoms with van der Waals surface area (Å²) in [4.78, 5) is 6.56. The summed E-state index contributed by atoms with van der Waals surface area (Å²) in [6, 6.07) is 3.69. The minimum absolute atomic E-state index is 0.118. The average Bonchev–Trinajstić information content (AvgIpc) is 2.26. The highest BCUT2D eigenvalue weighted by molar-refractivity contribution is 7.80. The molecular weight excluding hydrogens is 210 g/mol. The summed E-state index contributed by atoms with van der Waals surface area (Å²) in [7, 11) is 0. The van der Waals surface area contributed by atoms with Crippen LogP contribution in [0, 0.1) is 0 Å². The molecule has 0 saturated heterocycles. The highest BCUT2D eigenvalue weighted by Crippen LogP contribution is 2.10. The van der Waals surface area contributed by atoms with Gasteiger partial charge >= 0.3 is 0 Å². The summed E-state index contributed by atoms with van der Waals surface area (Å²) in [6.45, 7) is 3.52. The van der Waals surface area contributed by atoms with E-state index in [2.05, 4.69) is 4.98 Å². The molecule has 0 radical (unpaired) electrons. The van der Waals surface area contributed by atoms with Crippen molar-refractivity contribution in [2.75, 3.05) is 24.6 Å². The van der Waals surface area contributed by atoms with Gasteiger partial charge in [0.25, 0.3) is 0 Å². The van der Waals surface area contributed by atoms with Crippen molar-refractivity contribution < 1.29 is 5.11 Å².